The monoisotopic (exact) mass is 210 g/mol. The van der Waals surface area contributed by atoms with Crippen LogP contribution in [-0.2, 0) is 5.41 Å². The highest BCUT2D eigenvalue weighted by molar-refractivity contribution is 5.76. The molecule has 0 spiro atoms. The van der Waals surface area contributed by atoms with Gasteiger partial charge >= 0.3 is 0 Å². The van der Waals surface area contributed by atoms with Crippen LogP contribution in [0.1, 0.15) is 31.9 Å². The molecule has 0 heterocycles. The van der Waals surface area contributed by atoms with E-state index < -0.39 is 0 Å². The van der Waals surface area contributed by atoms with Crippen LogP contribution in [0.15, 0.2) is 54.6 Å². The third kappa shape index (κ3) is 1.76. The van der Waals surface area contributed by atoms with Crippen molar-refractivity contribution in [3.05, 3.63) is 65.8 Å². The van der Waals surface area contributed by atoms with Gasteiger partial charge in [-0.3, -0.25) is 0 Å². The van der Waals surface area contributed by atoms with Gasteiger partial charge in [0.25, 0.3) is 0 Å². The smallest absolute Gasteiger partial charge is 0.0298 e. The Labute approximate surface area is 98.0 Å². The molecule has 1 unspecified atom stereocenters. The Kier molecular flexibility index (Phi) is 2.82. The molecule has 1 aliphatic rings. The van der Waals surface area contributed by atoms with Crippen LogP contribution in [-0.4, -0.2) is 0 Å². The van der Waals surface area contributed by atoms with Crippen molar-refractivity contribution in [2.75, 3.05) is 0 Å². The SMILES string of the molecule is C/C=C/C=C/C1(C)C=C(C)c2ccccc21. The van der Waals surface area contributed by atoms with E-state index in [1.165, 1.54) is 16.7 Å². The zero-order chi connectivity index (χ0) is 11.6. The summed E-state index contributed by atoms with van der Waals surface area (Å²) in [6.07, 6.45) is 10.9. The molecule has 0 aromatic heterocycles. The van der Waals surface area contributed by atoms with Crippen molar-refractivity contribution in [1.29, 1.82) is 0 Å². The largest absolute Gasteiger partial charge is 0.0877 e. The number of rotatable bonds is 2. The normalized spacial score (nSPS) is 24.1. The fourth-order valence-corrected chi connectivity index (χ4v) is 2.41. The number of hydrogen-bond donors (Lipinski definition) is 0. The predicted molar refractivity (Wildman–Crippen MR) is 71.4 cm³/mol. The van der Waals surface area contributed by atoms with E-state index in [1.807, 2.05) is 6.92 Å². The molecular weight excluding hydrogens is 192 g/mol. The molecule has 2 rings (SSSR count). The van der Waals surface area contributed by atoms with Crippen molar-refractivity contribution < 1.29 is 0 Å². The Bertz CT molecular complexity index is 475. The van der Waals surface area contributed by atoms with Crippen molar-refractivity contribution in [2.45, 2.75) is 26.2 Å². The lowest BCUT2D eigenvalue weighted by molar-refractivity contribution is 0.773. The van der Waals surface area contributed by atoms with E-state index >= 15 is 0 Å². The van der Waals surface area contributed by atoms with Gasteiger partial charge in [-0.15, -0.1) is 0 Å². The highest BCUT2D eigenvalue weighted by atomic mass is 14.3. The molecule has 1 aliphatic carbocycles. The van der Waals surface area contributed by atoms with Crippen molar-refractivity contribution in [3.8, 4) is 0 Å². The minimum Gasteiger partial charge on any atom is -0.0877 e. The number of fused-ring (bicyclic) bond motifs is 1. The van der Waals surface area contributed by atoms with E-state index in [-0.39, 0.29) is 5.41 Å². The maximum atomic E-state index is 2.34. The van der Waals surface area contributed by atoms with Gasteiger partial charge in [-0.25, -0.2) is 0 Å². The summed E-state index contributed by atoms with van der Waals surface area (Å²) in [5.74, 6) is 0. The Hall–Kier alpha value is -1.56. The van der Waals surface area contributed by atoms with Crippen molar-refractivity contribution in [2.24, 2.45) is 0 Å². The Balaban J connectivity index is 2.45. The second-order valence-corrected chi connectivity index (χ2v) is 4.54. The highest BCUT2D eigenvalue weighted by Crippen LogP contribution is 2.40. The van der Waals surface area contributed by atoms with E-state index in [2.05, 4.69) is 68.5 Å². The molecule has 0 amide bonds. The van der Waals surface area contributed by atoms with Crippen LogP contribution in [0.2, 0.25) is 0 Å². The van der Waals surface area contributed by atoms with Crippen LogP contribution in [0.3, 0.4) is 0 Å². The zero-order valence-corrected chi connectivity index (χ0v) is 10.2. The summed E-state index contributed by atoms with van der Waals surface area (Å²) in [4.78, 5) is 0. The molecule has 1 aromatic rings. The van der Waals surface area contributed by atoms with Crippen LogP contribution in [0.5, 0.6) is 0 Å². The first-order chi connectivity index (χ1) is 7.67. The number of hydrogen-bond acceptors (Lipinski definition) is 0. The molecule has 0 N–H and O–H groups in total. The van der Waals surface area contributed by atoms with Crippen LogP contribution < -0.4 is 0 Å². The van der Waals surface area contributed by atoms with E-state index in [0.29, 0.717) is 0 Å². The third-order valence-corrected chi connectivity index (χ3v) is 3.19. The molecule has 0 fully saturated rings. The molecule has 0 saturated carbocycles. The summed E-state index contributed by atoms with van der Waals surface area (Å²) in [7, 11) is 0. The lowest BCUT2D eigenvalue weighted by Gasteiger charge is -2.19. The molecule has 16 heavy (non-hydrogen) atoms. The first-order valence-electron chi connectivity index (χ1n) is 5.77. The van der Waals surface area contributed by atoms with Crippen LogP contribution in [0, 0.1) is 0 Å². The van der Waals surface area contributed by atoms with E-state index in [0.717, 1.165) is 0 Å². The lowest BCUT2D eigenvalue weighted by Crippen LogP contribution is -2.12. The summed E-state index contributed by atoms with van der Waals surface area (Å²) in [6.45, 7) is 6.49. The summed E-state index contributed by atoms with van der Waals surface area (Å²) >= 11 is 0. The Morgan fingerprint density at radius 1 is 1.12 bits per heavy atom. The predicted octanol–water partition coefficient (Wildman–Crippen LogP) is 4.49. The molecule has 1 aromatic carbocycles. The lowest BCUT2D eigenvalue weighted by atomic mass is 9.84. The quantitative estimate of drug-likeness (QED) is 0.631. The van der Waals surface area contributed by atoms with Gasteiger partial charge in [0, 0.05) is 5.41 Å². The van der Waals surface area contributed by atoms with Crippen molar-refractivity contribution >= 4 is 5.57 Å². The summed E-state index contributed by atoms with van der Waals surface area (Å²) in [6, 6.07) is 8.66. The Morgan fingerprint density at radius 3 is 2.62 bits per heavy atom. The minimum absolute atomic E-state index is 0.0557. The fraction of sp³-hybridized carbons (Fsp3) is 0.250. The molecule has 1 atom stereocenters. The van der Waals surface area contributed by atoms with E-state index in [9.17, 15) is 0 Å². The van der Waals surface area contributed by atoms with Gasteiger partial charge in [0.1, 0.15) is 0 Å². The fourth-order valence-electron chi connectivity index (χ4n) is 2.41. The summed E-state index contributed by atoms with van der Waals surface area (Å²) in [5.41, 5.74) is 4.23. The summed E-state index contributed by atoms with van der Waals surface area (Å²) in [5, 5.41) is 0. The average molecular weight is 210 g/mol. The second kappa shape index (κ2) is 4.13. The average Bonchev–Trinajstić information content (AvgIpc) is 2.53. The van der Waals surface area contributed by atoms with Gasteiger partial charge in [0.15, 0.2) is 0 Å². The van der Waals surface area contributed by atoms with E-state index in [4.69, 9.17) is 0 Å². The van der Waals surface area contributed by atoms with Gasteiger partial charge in [0.2, 0.25) is 0 Å². The minimum atomic E-state index is 0.0557. The number of benzene rings is 1. The molecule has 0 heteroatoms. The maximum Gasteiger partial charge on any atom is 0.0298 e. The van der Waals surface area contributed by atoms with Gasteiger partial charge in [-0.2, -0.15) is 0 Å². The first-order valence-corrected chi connectivity index (χ1v) is 5.77. The van der Waals surface area contributed by atoms with Gasteiger partial charge in [-0.1, -0.05) is 54.6 Å². The van der Waals surface area contributed by atoms with E-state index in [1.54, 1.807) is 0 Å². The molecule has 0 aliphatic heterocycles. The van der Waals surface area contributed by atoms with Gasteiger partial charge in [0.05, 0.1) is 0 Å². The molecule has 0 radical (unpaired) electrons. The molecule has 0 saturated heterocycles. The first kappa shape index (κ1) is 10.9. The Morgan fingerprint density at radius 2 is 1.88 bits per heavy atom. The standard InChI is InChI=1S/C16H18/c1-4-5-8-11-16(3)12-13(2)14-9-6-7-10-15(14)16/h4-12H,1-3H3/b5-4+,11-8+. The van der Waals surface area contributed by atoms with Crippen LogP contribution >= 0.6 is 0 Å². The molecular formula is C16H18. The van der Waals surface area contributed by atoms with Crippen LogP contribution in [0.25, 0.3) is 5.57 Å². The summed E-state index contributed by atoms with van der Waals surface area (Å²) < 4.78 is 0. The maximum absolute atomic E-state index is 2.34. The van der Waals surface area contributed by atoms with Crippen molar-refractivity contribution in [1.82, 2.24) is 0 Å². The zero-order valence-electron chi connectivity index (χ0n) is 10.2. The molecule has 82 valence electrons. The van der Waals surface area contributed by atoms with Crippen molar-refractivity contribution in [3.63, 3.8) is 0 Å². The molecule has 0 nitrogen and oxygen atoms in total. The highest BCUT2D eigenvalue weighted by Gasteiger charge is 2.29. The third-order valence-electron chi connectivity index (χ3n) is 3.19. The van der Waals surface area contributed by atoms with Crippen LogP contribution in [0.4, 0.5) is 0 Å². The second-order valence-electron chi connectivity index (χ2n) is 4.54. The number of allylic oxidation sites excluding steroid dienone is 6. The topological polar surface area (TPSA) is 0 Å². The van der Waals surface area contributed by atoms with Gasteiger partial charge < -0.3 is 0 Å². The van der Waals surface area contributed by atoms with Gasteiger partial charge in [-0.05, 0) is 37.5 Å². The molecule has 0 bridgehead atoms.